The summed E-state index contributed by atoms with van der Waals surface area (Å²) in [6.45, 7) is 4.45. The van der Waals surface area contributed by atoms with Crippen LogP contribution < -0.4 is 14.8 Å². The Labute approximate surface area is 294 Å². The number of sulfonamides is 1. The van der Waals surface area contributed by atoms with Crippen molar-refractivity contribution in [1.82, 2.24) is 8.88 Å². The second-order valence-corrected chi connectivity index (χ2v) is 15.3. The summed E-state index contributed by atoms with van der Waals surface area (Å²) in [5.41, 5.74) is 5.89. The van der Waals surface area contributed by atoms with Crippen LogP contribution in [-0.2, 0) is 14.8 Å². The van der Waals surface area contributed by atoms with Gasteiger partial charge in [0.2, 0.25) is 21.1 Å². The number of carbonyl (C=O) groups is 1. The molecule has 254 valence electrons. The highest BCUT2D eigenvalue weighted by molar-refractivity contribution is 7.89. The zero-order valence-electron chi connectivity index (χ0n) is 28.9. The summed E-state index contributed by atoms with van der Waals surface area (Å²) in [5.74, 6) is 0.692. The van der Waals surface area contributed by atoms with Crippen LogP contribution in [0.4, 0.5) is 17.1 Å². The number of benzene rings is 5. The van der Waals surface area contributed by atoms with Crippen molar-refractivity contribution in [1.29, 1.82) is 0 Å². The number of carbonyl (C=O) groups excluding carboxylic acids is 1. The van der Waals surface area contributed by atoms with Crippen molar-refractivity contribution in [2.75, 3.05) is 32.1 Å². The Kier molecular flexibility index (Phi) is 9.16. The van der Waals surface area contributed by atoms with Crippen LogP contribution in [0.3, 0.4) is 0 Å². The van der Waals surface area contributed by atoms with Gasteiger partial charge in [-0.05, 0) is 49.2 Å². The number of rotatable bonds is 8. The Morgan fingerprint density at radius 1 is 0.800 bits per heavy atom. The van der Waals surface area contributed by atoms with Gasteiger partial charge in [0.25, 0.3) is 0 Å². The molecule has 0 amide bonds. The van der Waals surface area contributed by atoms with Crippen molar-refractivity contribution in [3.05, 3.63) is 127 Å². The molecule has 1 aliphatic carbocycles. The summed E-state index contributed by atoms with van der Waals surface area (Å²) in [7, 11) is 0.150. The average Bonchev–Trinajstić information content (AvgIpc) is 3.16. The first-order valence-corrected chi connectivity index (χ1v) is 18.6. The van der Waals surface area contributed by atoms with Gasteiger partial charge in [-0.3, -0.25) is 4.79 Å². The first-order valence-electron chi connectivity index (χ1n) is 17.2. The molecule has 8 heteroatoms. The summed E-state index contributed by atoms with van der Waals surface area (Å²) in [5, 5.41) is 1.76. The maximum atomic E-state index is 14.5. The normalized spacial score (nSPS) is 15.1. The third kappa shape index (κ3) is 6.25. The summed E-state index contributed by atoms with van der Waals surface area (Å²) in [6, 6.07) is 39.7. The maximum Gasteiger partial charge on any atom is 0.243 e. The molecule has 0 saturated carbocycles. The topological polar surface area (TPSA) is 73.8 Å². The minimum Gasteiger partial charge on any atom is -0.456 e. The van der Waals surface area contributed by atoms with Crippen molar-refractivity contribution in [2.45, 2.75) is 31.6 Å². The molecule has 7 nitrogen and oxygen atoms in total. The molecule has 0 N–H and O–H groups in total. The lowest BCUT2D eigenvalue weighted by Crippen LogP contribution is -2.41. The highest BCUT2D eigenvalue weighted by Gasteiger charge is 2.35. The van der Waals surface area contributed by atoms with Gasteiger partial charge in [0.05, 0.1) is 11.0 Å². The van der Waals surface area contributed by atoms with Crippen LogP contribution >= 0.6 is 0 Å². The molecule has 50 heavy (non-hydrogen) atoms. The number of nitrogens with zero attached hydrogens (tertiary/aromatic N) is 3. The van der Waals surface area contributed by atoms with Crippen LogP contribution in [0.25, 0.3) is 33.4 Å². The number of fused-ring (bicyclic) bond motifs is 2. The predicted octanol–water partition coefficient (Wildman–Crippen LogP) is 8.33. The molecular weight excluding hydrogens is 643 g/mol. The summed E-state index contributed by atoms with van der Waals surface area (Å²) >= 11 is 0. The van der Waals surface area contributed by atoms with Crippen LogP contribution in [0.15, 0.2) is 131 Å². The molecule has 2 aliphatic heterocycles. The highest BCUT2D eigenvalue weighted by Crippen LogP contribution is 2.44. The summed E-state index contributed by atoms with van der Waals surface area (Å²) < 4.78 is 39.3. The van der Waals surface area contributed by atoms with Crippen LogP contribution in [0.2, 0.25) is 0 Å². The fourth-order valence-electron chi connectivity index (χ4n) is 7.07. The van der Waals surface area contributed by atoms with E-state index >= 15 is 0 Å². The molecule has 3 aliphatic rings. The highest BCUT2D eigenvalue weighted by atomic mass is 32.2. The van der Waals surface area contributed by atoms with Gasteiger partial charge < -0.3 is 9.32 Å². The molecule has 0 aromatic heterocycles. The number of Topliss-reactive ketones (excluding diaryl/α,β-unsaturated/α-hetero) is 1. The monoisotopic (exact) mass is 684 g/mol. The quantitative estimate of drug-likeness (QED) is 0.119. The van der Waals surface area contributed by atoms with Gasteiger partial charge >= 0.3 is 0 Å². The van der Waals surface area contributed by atoms with E-state index in [1.807, 2.05) is 113 Å². The van der Waals surface area contributed by atoms with Crippen LogP contribution in [0, 0.1) is 11.8 Å². The van der Waals surface area contributed by atoms with E-state index in [0.29, 0.717) is 42.8 Å². The Balaban J connectivity index is 1.41. The van der Waals surface area contributed by atoms with E-state index in [9.17, 15) is 13.2 Å². The zero-order chi connectivity index (χ0) is 35.0. The van der Waals surface area contributed by atoms with Crippen LogP contribution in [-0.4, -0.2) is 45.7 Å². The van der Waals surface area contributed by atoms with E-state index in [1.165, 1.54) is 0 Å². The molecule has 2 heterocycles. The molecule has 4 aromatic rings. The fourth-order valence-corrected chi connectivity index (χ4v) is 8.73. The number of hydrogen-bond acceptors (Lipinski definition) is 5. The zero-order valence-corrected chi connectivity index (χ0v) is 29.7. The van der Waals surface area contributed by atoms with Crippen LogP contribution in [0.1, 0.15) is 26.7 Å². The molecular formula is C42H42N3O4S+. The summed E-state index contributed by atoms with van der Waals surface area (Å²) in [6.07, 6.45) is 1.06. The maximum absolute atomic E-state index is 14.5. The van der Waals surface area contributed by atoms with Crippen molar-refractivity contribution in [3.8, 4) is 22.5 Å². The number of anilines is 2. The second kappa shape index (κ2) is 13.7. The minimum absolute atomic E-state index is 0.0602. The number of hydrogen-bond donors (Lipinski definition) is 0. The Hall–Kier alpha value is -5.05. The second-order valence-electron chi connectivity index (χ2n) is 13.4. The van der Waals surface area contributed by atoms with Crippen molar-refractivity contribution >= 4 is 43.8 Å². The Morgan fingerprint density at radius 3 is 2.16 bits per heavy atom. The van der Waals surface area contributed by atoms with Gasteiger partial charge in [-0.15, -0.1) is 0 Å². The molecule has 1 saturated heterocycles. The SMILES string of the molecule is CC(C)C(=O)C1CCN(S(=O)(=O)c2ccccc2-c2c3ccc(=[N+](C)c4ccccc4)cc-3oc3cc(N(C)c4ccccc4)ccc23)CC1. The predicted molar refractivity (Wildman–Crippen MR) is 201 cm³/mol. The lowest BCUT2D eigenvalue weighted by molar-refractivity contribution is -0.126. The standard InChI is InChI=1S/C42H42N3O4S/c1-29(2)42(46)30-23-25-45(26-24-30)50(47,48)40-18-12-11-17-37(40)41-35-21-19-33(43(3)31-13-7-5-8-14-31)27-38(35)49-39-28-34(20-22-36(39)41)44(4)32-15-9-6-10-16-32/h5-22,27-30H,23-26H2,1-4H3/q+1. The van der Waals surface area contributed by atoms with Crippen molar-refractivity contribution < 1.29 is 17.6 Å². The van der Waals surface area contributed by atoms with Crippen molar-refractivity contribution in [2.24, 2.45) is 11.8 Å². The third-order valence-electron chi connectivity index (χ3n) is 9.95. The molecule has 1 fully saturated rings. The fraction of sp³-hybridized carbons (Fsp3) is 0.238. The van der Waals surface area contributed by atoms with Gasteiger partial charge in [0.1, 0.15) is 24.2 Å². The van der Waals surface area contributed by atoms with Gasteiger partial charge in [-0.1, -0.05) is 68.4 Å². The van der Waals surface area contributed by atoms with E-state index in [4.69, 9.17) is 4.42 Å². The first kappa shape index (κ1) is 33.4. The summed E-state index contributed by atoms with van der Waals surface area (Å²) in [4.78, 5) is 15.1. The van der Waals surface area contributed by atoms with Gasteiger partial charge in [-0.2, -0.15) is 8.88 Å². The average molecular weight is 685 g/mol. The molecule has 0 spiro atoms. The Bertz CT molecular complexity index is 2320. The van der Waals surface area contributed by atoms with E-state index in [1.54, 1.807) is 16.4 Å². The van der Waals surface area contributed by atoms with E-state index in [-0.39, 0.29) is 22.5 Å². The first-order chi connectivity index (χ1) is 24.1. The van der Waals surface area contributed by atoms with Crippen molar-refractivity contribution in [3.63, 3.8) is 0 Å². The van der Waals surface area contributed by atoms with E-state index in [0.717, 1.165) is 38.9 Å². The number of piperidine rings is 1. The van der Waals surface area contributed by atoms with Gasteiger partial charge in [-0.25, -0.2) is 8.42 Å². The molecule has 0 bridgehead atoms. The lowest BCUT2D eigenvalue weighted by Gasteiger charge is -2.32. The third-order valence-corrected chi connectivity index (χ3v) is 11.9. The molecule has 0 unspecified atom stereocenters. The van der Waals surface area contributed by atoms with Gasteiger partial charge in [0, 0.05) is 89.7 Å². The molecule has 7 rings (SSSR count). The number of para-hydroxylation sites is 2. The smallest absolute Gasteiger partial charge is 0.243 e. The molecule has 0 radical (unpaired) electrons. The minimum atomic E-state index is -3.89. The largest absolute Gasteiger partial charge is 0.456 e. The van der Waals surface area contributed by atoms with Gasteiger partial charge in [0.15, 0.2) is 0 Å². The number of ketones is 1. The van der Waals surface area contributed by atoms with E-state index < -0.39 is 10.0 Å². The lowest BCUT2D eigenvalue weighted by atomic mass is 9.88. The van der Waals surface area contributed by atoms with E-state index in [2.05, 4.69) is 33.7 Å². The molecule has 0 atom stereocenters. The molecule has 4 aromatic carbocycles. The Morgan fingerprint density at radius 2 is 1.46 bits per heavy atom. The van der Waals surface area contributed by atoms with Crippen LogP contribution in [0.5, 0.6) is 0 Å².